The van der Waals surface area contributed by atoms with Gasteiger partial charge in [-0.2, -0.15) is 5.10 Å². The summed E-state index contributed by atoms with van der Waals surface area (Å²) in [6.07, 6.45) is 3.79. The first-order valence-electron chi connectivity index (χ1n) is 6.93. The predicted molar refractivity (Wildman–Crippen MR) is 78.9 cm³/mol. The van der Waals surface area contributed by atoms with Gasteiger partial charge < -0.3 is 15.2 Å². The summed E-state index contributed by atoms with van der Waals surface area (Å²) in [5.41, 5.74) is 1.12. The maximum absolute atomic E-state index is 12.0. The van der Waals surface area contributed by atoms with Crippen molar-refractivity contribution in [3.63, 3.8) is 0 Å². The Hall–Kier alpha value is -2.15. The van der Waals surface area contributed by atoms with Crippen LogP contribution in [0.5, 0.6) is 0 Å². The second kappa shape index (κ2) is 6.53. The molecule has 7 nitrogen and oxygen atoms in total. The zero-order valence-electron chi connectivity index (χ0n) is 12.8. The van der Waals surface area contributed by atoms with Crippen molar-refractivity contribution in [1.29, 1.82) is 0 Å². The van der Waals surface area contributed by atoms with Crippen LogP contribution in [0.15, 0.2) is 23.0 Å². The third kappa shape index (κ3) is 4.42. The molecular formula is C14H21N5O2. The smallest absolute Gasteiger partial charge is 0.242 e. The lowest BCUT2D eigenvalue weighted by atomic mass is 10.2. The van der Waals surface area contributed by atoms with Crippen molar-refractivity contribution in [2.45, 2.75) is 46.3 Å². The Morgan fingerprint density at radius 3 is 2.76 bits per heavy atom. The topological polar surface area (TPSA) is 85.0 Å². The molecule has 1 amide bonds. The van der Waals surface area contributed by atoms with Gasteiger partial charge in [0.1, 0.15) is 5.76 Å². The second-order valence-corrected chi connectivity index (χ2v) is 5.34. The summed E-state index contributed by atoms with van der Waals surface area (Å²) in [5, 5.41) is 13.9. The van der Waals surface area contributed by atoms with Crippen LogP contribution in [0.2, 0.25) is 0 Å². The molecule has 114 valence electrons. The zero-order chi connectivity index (χ0) is 15.4. The number of hydrogen-bond acceptors (Lipinski definition) is 5. The number of hydrogen-bond donors (Lipinski definition) is 2. The predicted octanol–water partition coefficient (Wildman–Crippen LogP) is 1.49. The molecule has 0 aromatic carbocycles. The standard InChI is InChI=1S/C14H21N5O2/c1-9-6-15-19(7-9)8-10(2)16-12(4)14(20)17-13-5-11(3)21-18-13/h5-7,10,12,16H,8H2,1-4H3,(H,17,18,20)/t10-,12-/m0/s1. The van der Waals surface area contributed by atoms with Gasteiger partial charge in [-0.1, -0.05) is 5.16 Å². The molecule has 0 aliphatic carbocycles. The minimum atomic E-state index is -0.339. The molecule has 21 heavy (non-hydrogen) atoms. The van der Waals surface area contributed by atoms with E-state index in [0.717, 1.165) is 5.56 Å². The first kappa shape index (κ1) is 15.2. The third-order valence-electron chi connectivity index (χ3n) is 3.03. The Bertz CT molecular complexity index is 604. The van der Waals surface area contributed by atoms with Gasteiger partial charge >= 0.3 is 0 Å². The van der Waals surface area contributed by atoms with E-state index in [1.54, 1.807) is 13.0 Å². The van der Waals surface area contributed by atoms with Gasteiger partial charge in [-0.25, -0.2) is 0 Å². The summed E-state index contributed by atoms with van der Waals surface area (Å²) in [7, 11) is 0. The van der Waals surface area contributed by atoms with E-state index in [0.29, 0.717) is 18.1 Å². The lowest BCUT2D eigenvalue weighted by Crippen LogP contribution is -2.44. The fourth-order valence-electron chi connectivity index (χ4n) is 2.06. The van der Waals surface area contributed by atoms with E-state index < -0.39 is 0 Å². The van der Waals surface area contributed by atoms with E-state index in [9.17, 15) is 4.79 Å². The first-order valence-corrected chi connectivity index (χ1v) is 6.93. The van der Waals surface area contributed by atoms with Crippen molar-refractivity contribution in [3.05, 3.63) is 29.8 Å². The number of aromatic nitrogens is 3. The number of carbonyl (C=O) groups excluding carboxylic acids is 1. The van der Waals surface area contributed by atoms with Crippen LogP contribution < -0.4 is 10.6 Å². The average molecular weight is 291 g/mol. The summed E-state index contributed by atoms with van der Waals surface area (Å²) in [5.74, 6) is 0.946. The van der Waals surface area contributed by atoms with Crippen molar-refractivity contribution in [2.75, 3.05) is 5.32 Å². The lowest BCUT2D eigenvalue weighted by Gasteiger charge is -2.19. The Morgan fingerprint density at radius 1 is 1.43 bits per heavy atom. The minimum Gasteiger partial charge on any atom is -0.360 e. The Labute approximate surface area is 123 Å². The Kier molecular flexibility index (Phi) is 4.74. The highest BCUT2D eigenvalue weighted by Gasteiger charge is 2.17. The molecule has 7 heteroatoms. The van der Waals surface area contributed by atoms with Crippen LogP contribution in [0, 0.1) is 13.8 Å². The molecule has 0 aliphatic heterocycles. The summed E-state index contributed by atoms with van der Waals surface area (Å²) < 4.78 is 6.77. The highest BCUT2D eigenvalue weighted by atomic mass is 16.5. The van der Waals surface area contributed by atoms with E-state index in [2.05, 4.69) is 20.9 Å². The number of carbonyl (C=O) groups is 1. The van der Waals surface area contributed by atoms with Crippen LogP contribution in [0.1, 0.15) is 25.2 Å². The summed E-state index contributed by atoms with van der Waals surface area (Å²) in [6.45, 7) is 8.30. The number of nitrogens with zero attached hydrogens (tertiary/aromatic N) is 3. The van der Waals surface area contributed by atoms with Crippen molar-refractivity contribution >= 4 is 11.7 Å². The molecule has 0 saturated heterocycles. The molecule has 0 radical (unpaired) electrons. The minimum absolute atomic E-state index is 0.115. The van der Waals surface area contributed by atoms with Crippen LogP contribution in [-0.2, 0) is 11.3 Å². The van der Waals surface area contributed by atoms with Crippen LogP contribution in [-0.4, -0.2) is 32.9 Å². The quantitative estimate of drug-likeness (QED) is 0.842. The van der Waals surface area contributed by atoms with Crippen LogP contribution in [0.4, 0.5) is 5.82 Å². The van der Waals surface area contributed by atoms with Gasteiger partial charge in [0, 0.05) is 18.3 Å². The Balaban J connectivity index is 1.82. The molecule has 0 bridgehead atoms. The second-order valence-electron chi connectivity index (χ2n) is 5.34. The van der Waals surface area contributed by atoms with Crippen LogP contribution >= 0.6 is 0 Å². The van der Waals surface area contributed by atoms with Crippen molar-refractivity contribution in [1.82, 2.24) is 20.3 Å². The molecule has 2 heterocycles. The number of anilines is 1. The molecule has 2 aromatic rings. The van der Waals surface area contributed by atoms with E-state index in [1.165, 1.54) is 0 Å². The fourth-order valence-corrected chi connectivity index (χ4v) is 2.06. The summed E-state index contributed by atoms with van der Waals surface area (Å²) in [6, 6.07) is 1.46. The molecule has 2 atom stereocenters. The highest BCUT2D eigenvalue weighted by molar-refractivity contribution is 5.93. The van der Waals surface area contributed by atoms with Gasteiger partial charge in [-0.3, -0.25) is 9.48 Å². The van der Waals surface area contributed by atoms with Gasteiger partial charge in [0.2, 0.25) is 5.91 Å². The number of nitrogens with one attached hydrogen (secondary N) is 2. The molecular weight excluding hydrogens is 270 g/mol. The average Bonchev–Trinajstić information content (AvgIpc) is 2.98. The van der Waals surface area contributed by atoms with E-state index in [4.69, 9.17) is 4.52 Å². The number of aryl methyl sites for hydroxylation is 2. The molecule has 2 aromatic heterocycles. The lowest BCUT2D eigenvalue weighted by molar-refractivity contribution is -0.118. The van der Waals surface area contributed by atoms with Gasteiger partial charge in [0.05, 0.1) is 18.8 Å². The van der Waals surface area contributed by atoms with Crippen LogP contribution in [0.25, 0.3) is 0 Å². The zero-order valence-corrected chi connectivity index (χ0v) is 12.8. The highest BCUT2D eigenvalue weighted by Crippen LogP contribution is 2.07. The molecule has 0 aliphatic rings. The van der Waals surface area contributed by atoms with Gasteiger partial charge in [-0.15, -0.1) is 0 Å². The molecule has 2 N–H and O–H groups in total. The van der Waals surface area contributed by atoms with Crippen molar-refractivity contribution in [2.24, 2.45) is 0 Å². The molecule has 2 rings (SSSR count). The normalized spacial score (nSPS) is 13.9. The molecule has 0 spiro atoms. The first-order chi connectivity index (χ1) is 9.94. The summed E-state index contributed by atoms with van der Waals surface area (Å²) in [4.78, 5) is 12.0. The fraction of sp³-hybridized carbons (Fsp3) is 0.500. The van der Waals surface area contributed by atoms with E-state index in [1.807, 2.05) is 37.8 Å². The van der Waals surface area contributed by atoms with Crippen LogP contribution in [0.3, 0.4) is 0 Å². The van der Waals surface area contributed by atoms with Gasteiger partial charge in [0.25, 0.3) is 0 Å². The SMILES string of the molecule is Cc1cnn(C[C@H](C)N[C@@H](C)C(=O)Nc2cc(C)on2)c1. The number of amides is 1. The maximum Gasteiger partial charge on any atom is 0.242 e. The Morgan fingerprint density at radius 2 is 2.19 bits per heavy atom. The van der Waals surface area contributed by atoms with E-state index in [-0.39, 0.29) is 18.0 Å². The van der Waals surface area contributed by atoms with E-state index >= 15 is 0 Å². The monoisotopic (exact) mass is 291 g/mol. The molecule has 0 fully saturated rings. The van der Waals surface area contributed by atoms with Gasteiger partial charge in [0.15, 0.2) is 5.82 Å². The van der Waals surface area contributed by atoms with Crippen molar-refractivity contribution < 1.29 is 9.32 Å². The van der Waals surface area contributed by atoms with Crippen molar-refractivity contribution in [3.8, 4) is 0 Å². The summed E-state index contributed by atoms with van der Waals surface area (Å²) >= 11 is 0. The third-order valence-corrected chi connectivity index (χ3v) is 3.03. The largest absolute Gasteiger partial charge is 0.360 e. The maximum atomic E-state index is 12.0. The molecule has 0 saturated carbocycles. The van der Waals surface area contributed by atoms with Gasteiger partial charge in [-0.05, 0) is 33.3 Å². The molecule has 0 unspecified atom stereocenters. The number of rotatable bonds is 6.